The quantitative estimate of drug-likeness (QED) is 0.908. The first-order valence-corrected chi connectivity index (χ1v) is 7.38. The highest BCUT2D eigenvalue weighted by Crippen LogP contribution is 2.58. The lowest BCUT2D eigenvalue weighted by Crippen LogP contribution is -2.52. The van der Waals surface area contributed by atoms with Crippen molar-refractivity contribution in [3.05, 3.63) is 18.2 Å². The van der Waals surface area contributed by atoms with E-state index in [2.05, 4.69) is 9.55 Å². The van der Waals surface area contributed by atoms with Crippen LogP contribution in [-0.2, 0) is 16.8 Å². The van der Waals surface area contributed by atoms with Crippen LogP contribution in [0.25, 0.3) is 0 Å². The van der Waals surface area contributed by atoms with E-state index in [0.717, 1.165) is 23.4 Å². The summed E-state index contributed by atoms with van der Waals surface area (Å²) in [5.74, 6) is 1.84. The van der Waals surface area contributed by atoms with Crippen molar-refractivity contribution in [2.45, 2.75) is 50.5 Å². The molecular weight excluding hydrogens is 240 g/mol. The van der Waals surface area contributed by atoms with Crippen LogP contribution in [0.15, 0.2) is 12.5 Å². The number of hydrogen-bond acceptors (Lipinski definition) is 2. The van der Waals surface area contributed by atoms with Crippen LogP contribution in [0.4, 0.5) is 0 Å². The van der Waals surface area contributed by atoms with Gasteiger partial charge in [-0.15, -0.1) is 0 Å². The van der Waals surface area contributed by atoms with Crippen LogP contribution in [0.5, 0.6) is 0 Å². The predicted molar refractivity (Wildman–Crippen MR) is 69.7 cm³/mol. The lowest BCUT2D eigenvalue weighted by atomic mass is 9.53. The van der Waals surface area contributed by atoms with Gasteiger partial charge in [-0.1, -0.05) is 0 Å². The van der Waals surface area contributed by atoms with Crippen LogP contribution >= 0.6 is 0 Å². The molecule has 19 heavy (non-hydrogen) atoms. The molecule has 4 nitrogen and oxygen atoms in total. The van der Waals surface area contributed by atoms with E-state index in [9.17, 15) is 4.79 Å². The summed E-state index contributed by atoms with van der Waals surface area (Å²) in [5, 5.41) is 9.05. The van der Waals surface area contributed by atoms with Gasteiger partial charge in [-0.05, 0) is 56.3 Å². The van der Waals surface area contributed by atoms with E-state index < -0.39 is 5.97 Å². The largest absolute Gasteiger partial charge is 0.481 e. The van der Waals surface area contributed by atoms with Crippen molar-refractivity contribution in [2.24, 2.45) is 17.8 Å². The normalized spacial score (nSPS) is 39.7. The third-order valence-electron chi connectivity index (χ3n) is 5.56. The Morgan fingerprint density at radius 3 is 2.37 bits per heavy atom. The van der Waals surface area contributed by atoms with Gasteiger partial charge in [0.1, 0.15) is 0 Å². The molecule has 1 aromatic heterocycles. The maximum atomic E-state index is 11.0. The van der Waals surface area contributed by atoms with Crippen molar-refractivity contribution < 1.29 is 9.90 Å². The number of carboxylic acids is 1. The number of carbonyl (C=O) groups is 1. The van der Waals surface area contributed by atoms with E-state index in [1.807, 2.05) is 6.33 Å². The zero-order valence-electron chi connectivity index (χ0n) is 11.1. The number of hydrogen-bond donors (Lipinski definition) is 1. The highest BCUT2D eigenvalue weighted by Gasteiger charge is 2.52. The summed E-state index contributed by atoms with van der Waals surface area (Å²) >= 11 is 0. The smallest absolute Gasteiger partial charge is 0.309 e. The molecular formula is C15H20N2O2. The van der Waals surface area contributed by atoms with E-state index in [0.29, 0.717) is 0 Å². The topological polar surface area (TPSA) is 55.1 Å². The molecule has 0 unspecified atom stereocenters. The highest BCUT2D eigenvalue weighted by molar-refractivity contribution is 5.69. The molecule has 4 heteroatoms. The molecule has 102 valence electrons. The third kappa shape index (κ3) is 1.72. The number of carboxylic acid groups (broad SMARTS) is 1. The second-order valence-electron chi connectivity index (χ2n) is 6.97. The predicted octanol–water partition coefficient (Wildman–Crippen LogP) is 2.44. The fourth-order valence-corrected chi connectivity index (χ4v) is 5.40. The van der Waals surface area contributed by atoms with Gasteiger partial charge >= 0.3 is 5.97 Å². The number of aliphatic carboxylic acids is 1. The van der Waals surface area contributed by atoms with Gasteiger partial charge in [-0.2, -0.15) is 0 Å². The lowest BCUT2D eigenvalue weighted by molar-refractivity contribution is -0.136. The van der Waals surface area contributed by atoms with Crippen LogP contribution < -0.4 is 0 Å². The van der Waals surface area contributed by atoms with E-state index in [-0.39, 0.29) is 12.0 Å². The lowest BCUT2D eigenvalue weighted by Gasteiger charge is -2.57. The van der Waals surface area contributed by atoms with Gasteiger partial charge in [-0.25, -0.2) is 4.98 Å². The summed E-state index contributed by atoms with van der Waals surface area (Å²) in [4.78, 5) is 15.2. The molecule has 4 bridgehead atoms. The standard InChI is InChI=1S/C15H20N2O2/c18-14(19)4-13-8-16-9-17(13)15-5-10-1-11(6-15)3-12(2-10)7-15/h8-12H,1-7H2,(H,18,19). The molecule has 0 amide bonds. The van der Waals surface area contributed by atoms with Gasteiger partial charge < -0.3 is 9.67 Å². The van der Waals surface area contributed by atoms with Crippen LogP contribution in [0, 0.1) is 17.8 Å². The molecule has 5 rings (SSSR count). The average Bonchev–Trinajstić information content (AvgIpc) is 2.74. The summed E-state index contributed by atoms with van der Waals surface area (Å²) in [6.07, 6.45) is 11.7. The zero-order chi connectivity index (χ0) is 13.0. The van der Waals surface area contributed by atoms with Crippen molar-refractivity contribution in [1.82, 2.24) is 9.55 Å². The maximum Gasteiger partial charge on any atom is 0.309 e. The molecule has 0 saturated heterocycles. The molecule has 1 N–H and O–H groups in total. The van der Waals surface area contributed by atoms with Gasteiger partial charge in [0, 0.05) is 17.4 Å². The molecule has 4 fully saturated rings. The minimum atomic E-state index is -0.758. The summed E-state index contributed by atoms with van der Waals surface area (Å²) in [5.41, 5.74) is 1.07. The summed E-state index contributed by atoms with van der Waals surface area (Å²) < 4.78 is 2.23. The van der Waals surface area contributed by atoms with Crippen molar-refractivity contribution in [3.8, 4) is 0 Å². The Bertz CT molecular complexity index is 485. The molecule has 4 saturated carbocycles. The van der Waals surface area contributed by atoms with E-state index in [1.54, 1.807) is 6.20 Å². The Hall–Kier alpha value is -1.32. The number of nitrogens with zero attached hydrogens (tertiary/aromatic N) is 2. The van der Waals surface area contributed by atoms with Gasteiger partial charge in [0.15, 0.2) is 0 Å². The first-order chi connectivity index (χ1) is 9.14. The summed E-state index contributed by atoms with van der Waals surface area (Å²) in [7, 11) is 0. The number of rotatable bonds is 3. The molecule has 0 radical (unpaired) electrons. The second kappa shape index (κ2) is 3.84. The Morgan fingerprint density at radius 1 is 1.26 bits per heavy atom. The number of imidazole rings is 1. The minimum Gasteiger partial charge on any atom is -0.481 e. The van der Waals surface area contributed by atoms with Crippen LogP contribution in [-0.4, -0.2) is 20.6 Å². The van der Waals surface area contributed by atoms with Crippen molar-refractivity contribution in [2.75, 3.05) is 0 Å². The Kier molecular flexibility index (Phi) is 2.32. The van der Waals surface area contributed by atoms with Crippen LogP contribution in [0.2, 0.25) is 0 Å². The fraction of sp³-hybridized carbons (Fsp3) is 0.733. The maximum absolute atomic E-state index is 11.0. The third-order valence-corrected chi connectivity index (χ3v) is 5.56. The minimum absolute atomic E-state index is 0.0990. The van der Waals surface area contributed by atoms with Gasteiger partial charge in [0.2, 0.25) is 0 Å². The monoisotopic (exact) mass is 260 g/mol. The highest BCUT2D eigenvalue weighted by atomic mass is 16.4. The molecule has 1 heterocycles. The van der Waals surface area contributed by atoms with Crippen LogP contribution in [0.1, 0.15) is 44.2 Å². The van der Waals surface area contributed by atoms with Gasteiger partial charge in [0.25, 0.3) is 0 Å². The molecule has 4 aliphatic rings. The Balaban J connectivity index is 1.72. The van der Waals surface area contributed by atoms with E-state index >= 15 is 0 Å². The summed E-state index contributed by atoms with van der Waals surface area (Å²) in [6, 6.07) is 0. The molecule has 4 aliphatic carbocycles. The first-order valence-electron chi connectivity index (χ1n) is 7.38. The molecule has 0 spiro atoms. The van der Waals surface area contributed by atoms with Crippen molar-refractivity contribution >= 4 is 5.97 Å². The second-order valence-corrected chi connectivity index (χ2v) is 6.97. The van der Waals surface area contributed by atoms with Gasteiger partial charge in [-0.3, -0.25) is 4.79 Å². The SMILES string of the molecule is O=C(O)Cc1cncn1C12CC3CC(CC(C3)C1)C2. The van der Waals surface area contributed by atoms with E-state index in [4.69, 9.17) is 5.11 Å². The van der Waals surface area contributed by atoms with Crippen molar-refractivity contribution in [1.29, 1.82) is 0 Å². The Morgan fingerprint density at radius 2 is 1.84 bits per heavy atom. The number of aromatic nitrogens is 2. The summed E-state index contributed by atoms with van der Waals surface area (Å²) in [6.45, 7) is 0. The fourth-order valence-electron chi connectivity index (χ4n) is 5.40. The molecule has 0 aromatic carbocycles. The average molecular weight is 260 g/mol. The first kappa shape index (κ1) is 11.5. The molecule has 0 atom stereocenters. The van der Waals surface area contributed by atoms with Gasteiger partial charge in [0.05, 0.1) is 12.7 Å². The zero-order valence-corrected chi connectivity index (χ0v) is 11.1. The molecule has 1 aromatic rings. The van der Waals surface area contributed by atoms with Crippen LogP contribution in [0.3, 0.4) is 0 Å². The molecule has 0 aliphatic heterocycles. The van der Waals surface area contributed by atoms with E-state index in [1.165, 1.54) is 38.5 Å². The van der Waals surface area contributed by atoms with Crippen molar-refractivity contribution in [3.63, 3.8) is 0 Å². The Labute approximate surface area is 112 Å².